The monoisotopic (exact) mass is 451 g/mol. The van der Waals surface area contributed by atoms with Crippen molar-refractivity contribution in [2.75, 3.05) is 19.8 Å². The number of ether oxygens (including phenoxy) is 2. The Morgan fingerprint density at radius 2 is 1.73 bits per heavy atom. The molecule has 1 heterocycles. The normalized spacial score (nSPS) is 13.3. The lowest BCUT2D eigenvalue weighted by Gasteiger charge is -2.30. The van der Waals surface area contributed by atoms with Crippen LogP contribution in [0.2, 0.25) is 0 Å². The molecular weight excluding hydrogens is 414 g/mol. The first-order valence-corrected chi connectivity index (χ1v) is 11.8. The first-order chi connectivity index (χ1) is 15.9. The number of hydrogen-bond acceptors (Lipinski definition) is 5. The summed E-state index contributed by atoms with van der Waals surface area (Å²) in [5.74, 6) is 1.47. The fourth-order valence-corrected chi connectivity index (χ4v) is 3.73. The van der Waals surface area contributed by atoms with Gasteiger partial charge in [0.1, 0.15) is 5.75 Å². The molecule has 0 saturated carbocycles. The number of aryl methyl sites for hydroxylation is 2. The fourth-order valence-electron chi connectivity index (χ4n) is 3.73. The maximum atomic E-state index is 10.5. The van der Waals surface area contributed by atoms with E-state index in [0.717, 1.165) is 29.1 Å². The highest BCUT2D eigenvalue weighted by Gasteiger charge is 2.24. The second-order valence-corrected chi connectivity index (χ2v) is 8.53. The third-order valence-electron chi connectivity index (χ3n) is 5.91. The number of aliphatic hydroxyl groups excluding tert-OH is 1. The molecule has 0 bridgehead atoms. The van der Waals surface area contributed by atoms with Crippen molar-refractivity contribution in [3.8, 4) is 17.3 Å². The molecule has 2 atom stereocenters. The minimum atomic E-state index is -0.551. The van der Waals surface area contributed by atoms with Crippen molar-refractivity contribution in [1.82, 2.24) is 14.7 Å². The van der Waals surface area contributed by atoms with Crippen LogP contribution in [0.15, 0.2) is 54.6 Å². The van der Waals surface area contributed by atoms with Crippen LogP contribution in [0.4, 0.5) is 0 Å². The van der Waals surface area contributed by atoms with Crippen molar-refractivity contribution < 1.29 is 14.6 Å². The molecule has 0 aliphatic rings. The van der Waals surface area contributed by atoms with Gasteiger partial charge in [-0.05, 0) is 58.4 Å². The van der Waals surface area contributed by atoms with Crippen molar-refractivity contribution in [3.63, 3.8) is 0 Å². The van der Waals surface area contributed by atoms with Crippen LogP contribution in [0.5, 0.6) is 11.6 Å². The summed E-state index contributed by atoms with van der Waals surface area (Å²) in [5.41, 5.74) is 4.05. The summed E-state index contributed by atoms with van der Waals surface area (Å²) >= 11 is 0. The minimum Gasteiger partial charge on any atom is -0.439 e. The van der Waals surface area contributed by atoms with Gasteiger partial charge in [0.25, 0.3) is 0 Å². The van der Waals surface area contributed by atoms with E-state index < -0.39 is 6.10 Å². The van der Waals surface area contributed by atoms with Gasteiger partial charge in [-0.3, -0.25) is 4.90 Å². The Bertz CT molecular complexity index is 986. The smallest absolute Gasteiger partial charge is 0.227 e. The van der Waals surface area contributed by atoms with Crippen LogP contribution >= 0.6 is 0 Å². The molecule has 0 aliphatic heterocycles. The van der Waals surface area contributed by atoms with Gasteiger partial charge in [0.05, 0.1) is 29.7 Å². The average Bonchev–Trinajstić information content (AvgIpc) is 3.13. The van der Waals surface area contributed by atoms with E-state index in [1.165, 1.54) is 5.56 Å². The third kappa shape index (κ3) is 6.67. The molecule has 178 valence electrons. The largest absolute Gasteiger partial charge is 0.439 e. The molecule has 0 amide bonds. The standard InChI is InChI=1S/C27H37N3O3/c1-6-21(4)29(17-24(31)19-32-7-2)18-26-22(5)28-30(23-11-9-8-10-12-23)27(26)33-25-15-13-20(3)14-16-25/h8-16,21,24,31H,6-7,17-19H2,1-5H3/t21-,24-/m0/s1. The summed E-state index contributed by atoms with van der Waals surface area (Å²) in [5, 5.41) is 15.4. The Balaban J connectivity index is 1.97. The number of hydrogen-bond donors (Lipinski definition) is 1. The number of aromatic nitrogens is 2. The zero-order chi connectivity index (χ0) is 23.8. The molecule has 0 aliphatic carbocycles. The van der Waals surface area contributed by atoms with Gasteiger partial charge in [-0.1, -0.05) is 42.8 Å². The highest BCUT2D eigenvalue weighted by molar-refractivity contribution is 5.43. The van der Waals surface area contributed by atoms with Crippen LogP contribution in [0, 0.1) is 13.8 Å². The van der Waals surface area contributed by atoms with Gasteiger partial charge in [0.2, 0.25) is 5.88 Å². The second kappa shape index (κ2) is 12.0. The van der Waals surface area contributed by atoms with Crippen LogP contribution < -0.4 is 4.74 Å². The summed E-state index contributed by atoms with van der Waals surface area (Å²) in [4.78, 5) is 2.28. The summed E-state index contributed by atoms with van der Waals surface area (Å²) < 4.78 is 13.8. The SMILES string of the molecule is CCOC[C@@H](O)CN(Cc1c(C)nn(-c2ccccc2)c1Oc1ccc(C)cc1)[C@@H](C)CC. The van der Waals surface area contributed by atoms with E-state index in [1.54, 1.807) is 0 Å². The predicted octanol–water partition coefficient (Wildman–Crippen LogP) is 5.28. The third-order valence-corrected chi connectivity index (χ3v) is 5.91. The number of aliphatic hydroxyl groups is 1. The maximum absolute atomic E-state index is 10.5. The number of nitrogens with zero attached hydrogens (tertiary/aromatic N) is 3. The molecule has 33 heavy (non-hydrogen) atoms. The van der Waals surface area contributed by atoms with E-state index in [2.05, 4.69) is 25.7 Å². The quantitative estimate of drug-likeness (QED) is 0.406. The Labute approximate surface area is 197 Å². The van der Waals surface area contributed by atoms with E-state index in [9.17, 15) is 5.11 Å². The number of para-hydroxylation sites is 1. The summed E-state index contributed by atoms with van der Waals surface area (Å²) in [6.07, 6.45) is 0.423. The minimum absolute atomic E-state index is 0.285. The lowest BCUT2D eigenvalue weighted by molar-refractivity contribution is 0.0111. The van der Waals surface area contributed by atoms with Crippen molar-refractivity contribution >= 4 is 0 Å². The molecule has 0 radical (unpaired) electrons. The topological polar surface area (TPSA) is 59.8 Å². The average molecular weight is 452 g/mol. The van der Waals surface area contributed by atoms with Crippen molar-refractivity contribution in [1.29, 1.82) is 0 Å². The zero-order valence-electron chi connectivity index (χ0n) is 20.5. The van der Waals surface area contributed by atoms with Crippen LogP contribution in [0.3, 0.4) is 0 Å². The van der Waals surface area contributed by atoms with Gasteiger partial charge in [0.15, 0.2) is 0 Å². The molecule has 6 nitrogen and oxygen atoms in total. The summed E-state index contributed by atoms with van der Waals surface area (Å²) in [6, 6.07) is 18.4. The van der Waals surface area contributed by atoms with E-state index in [-0.39, 0.29) is 6.04 Å². The maximum Gasteiger partial charge on any atom is 0.227 e. The fraction of sp³-hybridized carbons (Fsp3) is 0.444. The first kappa shape index (κ1) is 25.0. The molecule has 0 unspecified atom stereocenters. The predicted molar refractivity (Wildman–Crippen MR) is 132 cm³/mol. The van der Waals surface area contributed by atoms with E-state index in [0.29, 0.717) is 32.2 Å². The lowest BCUT2D eigenvalue weighted by Crippen LogP contribution is -2.40. The molecule has 0 fully saturated rings. The molecule has 3 rings (SSSR count). The van der Waals surface area contributed by atoms with Crippen LogP contribution in [-0.2, 0) is 11.3 Å². The Morgan fingerprint density at radius 3 is 2.36 bits per heavy atom. The highest BCUT2D eigenvalue weighted by atomic mass is 16.5. The number of benzene rings is 2. The Hall–Kier alpha value is -2.67. The van der Waals surface area contributed by atoms with Crippen molar-refractivity contribution in [2.24, 2.45) is 0 Å². The molecule has 6 heteroatoms. The highest BCUT2D eigenvalue weighted by Crippen LogP contribution is 2.32. The van der Waals surface area contributed by atoms with Crippen molar-refractivity contribution in [3.05, 3.63) is 71.4 Å². The second-order valence-electron chi connectivity index (χ2n) is 8.53. The summed E-state index contributed by atoms with van der Waals surface area (Å²) in [6.45, 7) is 12.4. The van der Waals surface area contributed by atoms with E-state index in [4.69, 9.17) is 14.6 Å². The molecule has 0 spiro atoms. The number of rotatable bonds is 12. The molecule has 1 N–H and O–H groups in total. The van der Waals surface area contributed by atoms with Gasteiger partial charge >= 0.3 is 0 Å². The molecule has 0 saturated heterocycles. The summed E-state index contributed by atoms with van der Waals surface area (Å²) in [7, 11) is 0. The molecular formula is C27H37N3O3. The molecule has 3 aromatic rings. The Kier molecular flexibility index (Phi) is 9.06. The van der Waals surface area contributed by atoms with Crippen molar-refractivity contribution in [2.45, 2.75) is 59.7 Å². The van der Waals surface area contributed by atoms with Gasteiger partial charge in [-0.2, -0.15) is 5.10 Å². The van der Waals surface area contributed by atoms with Gasteiger partial charge in [-0.15, -0.1) is 0 Å². The molecule has 2 aromatic carbocycles. The van der Waals surface area contributed by atoms with E-state index >= 15 is 0 Å². The van der Waals surface area contributed by atoms with Crippen LogP contribution in [0.25, 0.3) is 5.69 Å². The van der Waals surface area contributed by atoms with Crippen LogP contribution in [-0.4, -0.2) is 51.7 Å². The Morgan fingerprint density at radius 1 is 1.03 bits per heavy atom. The van der Waals surface area contributed by atoms with Gasteiger partial charge in [-0.25, -0.2) is 4.68 Å². The van der Waals surface area contributed by atoms with Crippen LogP contribution in [0.1, 0.15) is 44.0 Å². The molecule has 1 aromatic heterocycles. The first-order valence-electron chi connectivity index (χ1n) is 11.8. The van der Waals surface area contributed by atoms with Gasteiger partial charge in [0, 0.05) is 25.7 Å². The van der Waals surface area contributed by atoms with E-state index in [1.807, 2.05) is 73.1 Å². The van der Waals surface area contributed by atoms with Gasteiger partial charge < -0.3 is 14.6 Å². The lowest BCUT2D eigenvalue weighted by atomic mass is 10.1. The zero-order valence-corrected chi connectivity index (χ0v) is 20.5.